The Kier molecular flexibility index (Phi) is 4.23. The SMILES string of the molecule is CCOc1ccc(CC2=CC=CC(F)(Br)C2)cc1. The minimum Gasteiger partial charge on any atom is -0.494 e. The third-order valence-electron chi connectivity index (χ3n) is 2.80. The second-order valence-corrected chi connectivity index (χ2v) is 5.69. The summed E-state index contributed by atoms with van der Waals surface area (Å²) in [5.41, 5.74) is 2.25. The van der Waals surface area contributed by atoms with Crippen LogP contribution >= 0.6 is 15.9 Å². The smallest absolute Gasteiger partial charge is 0.187 e. The zero-order valence-electron chi connectivity index (χ0n) is 10.3. The summed E-state index contributed by atoms with van der Waals surface area (Å²) in [4.78, 5) is 0. The average molecular weight is 311 g/mol. The van der Waals surface area contributed by atoms with Gasteiger partial charge in [-0.05, 0) is 53.0 Å². The maximum atomic E-state index is 13.8. The quantitative estimate of drug-likeness (QED) is 0.740. The maximum absolute atomic E-state index is 13.8. The van der Waals surface area contributed by atoms with Crippen LogP contribution in [-0.2, 0) is 6.42 Å². The van der Waals surface area contributed by atoms with Crippen molar-refractivity contribution in [3.05, 3.63) is 53.6 Å². The Labute approximate surface area is 115 Å². The van der Waals surface area contributed by atoms with Crippen molar-refractivity contribution in [1.82, 2.24) is 0 Å². The lowest BCUT2D eigenvalue weighted by molar-refractivity contribution is 0.340. The second kappa shape index (κ2) is 5.70. The van der Waals surface area contributed by atoms with Crippen molar-refractivity contribution in [3.8, 4) is 5.75 Å². The van der Waals surface area contributed by atoms with Gasteiger partial charge in [-0.25, -0.2) is 4.39 Å². The standard InChI is InChI=1S/C15H16BrFO/c1-2-18-14-7-5-12(6-8-14)10-13-4-3-9-15(16,17)11-13/h3-9H,2,10-11H2,1H3. The molecule has 0 aromatic heterocycles. The molecule has 1 unspecified atom stereocenters. The molecular formula is C15H16BrFO. The number of benzene rings is 1. The van der Waals surface area contributed by atoms with E-state index in [-0.39, 0.29) is 0 Å². The van der Waals surface area contributed by atoms with Gasteiger partial charge < -0.3 is 4.74 Å². The van der Waals surface area contributed by atoms with Gasteiger partial charge in [-0.3, -0.25) is 0 Å². The number of hydrogen-bond donors (Lipinski definition) is 0. The highest BCUT2D eigenvalue weighted by Gasteiger charge is 2.25. The van der Waals surface area contributed by atoms with Crippen molar-refractivity contribution in [3.63, 3.8) is 0 Å². The number of alkyl halides is 2. The van der Waals surface area contributed by atoms with Crippen LogP contribution in [0.5, 0.6) is 5.75 Å². The highest BCUT2D eigenvalue weighted by atomic mass is 79.9. The number of halogens is 2. The van der Waals surface area contributed by atoms with Crippen LogP contribution in [0.4, 0.5) is 4.39 Å². The fourth-order valence-corrected chi connectivity index (χ4v) is 2.51. The van der Waals surface area contributed by atoms with E-state index >= 15 is 0 Å². The fraction of sp³-hybridized carbons (Fsp3) is 0.333. The Morgan fingerprint density at radius 1 is 1.33 bits per heavy atom. The van der Waals surface area contributed by atoms with Gasteiger partial charge in [-0.15, -0.1) is 0 Å². The molecule has 0 radical (unpaired) electrons. The Bertz CT molecular complexity index is 460. The van der Waals surface area contributed by atoms with Crippen molar-refractivity contribution in [2.75, 3.05) is 6.61 Å². The van der Waals surface area contributed by atoms with Crippen molar-refractivity contribution in [2.45, 2.75) is 24.3 Å². The lowest BCUT2D eigenvalue weighted by atomic mass is 9.97. The van der Waals surface area contributed by atoms with Crippen molar-refractivity contribution < 1.29 is 9.13 Å². The number of hydrogen-bond acceptors (Lipinski definition) is 1. The second-order valence-electron chi connectivity index (χ2n) is 4.38. The van der Waals surface area contributed by atoms with E-state index in [1.54, 1.807) is 6.08 Å². The van der Waals surface area contributed by atoms with E-state index in [1.165, 1.54) is 11.6 Å². The first kappa shape index (κ1) is 13.3. The molecular weight excluding hydrogens is 295 g/mol. The molecule has 0 aliphatic heterocycles. The number of allylic oxidation sites excluding steroid dienone is 4. The normalized spacial score (nSPS) is 22.7. The molecule has 1 aliphatic rings. The van der Waals surface area contributed by atoms with Crippen LogP contribution in [0.15, 0.2) is 48.1 Å². The summed E-state index contributed by atoms with van der Waals surface area (Å²) in [5.74, 6) is 0.874. The van der Waals surface area contributed by atoms with Gasteiger partial charge in [-0.2, -0.15) is 0 Å². The zero-order valence-corrected chi connectivity index (χ0v) is 11.9. The molecule has 1 aliphatic carbocycles. The monoisotopic (exact) mass is 310 g/mol. The van der Waals surface area contributed by atoms with E-state index in [0.717, 1.165) is 17.7 Å². The van der Waals surface area contributed by atoms with Gasteiger partial charge in [0.05, 0.1) is 6.61 Å². The summed E-state index contributed by atoms with van der Waals surface area (Å²) in [6.45, 7) is 2.63. The Morgan fingerprint density at radius 2 is 2.06 bits per heavy atom. The van der Waals surface area contributed by atoms with Gasteiger partial charge in [0.1, 0.15) is 5.75 Å². The highest BCUT2D eigenvalue weighted by Crippen LogP contribution is 2.34. The van der Waals surface area contributed by atoms with Gasteiger partial charge in [0.25, 0.3) is 0 Å². The Balaban J connectivity index is 2.01. The van der Waals surface area contributed by atoms with Gasteiger partial charge >= 0.3 is 0 Å². The average Bonchev–Trinajstić information content (AvgIpc) is 2.31. The molecule has 0 N–H and O–H groups in total. The van der Waals surface area contributed by atoms with Gasteiger partial charge in [0, 0.05) is 6.42 Å². The minimum atomic E-state index is -1.39. The molecule has 0 bridgehead atoms. The molecule has 2 rings (SSSR count). The molecule has 0 spiro atoms. The molecule has 0 heterocycles. The van der Waals surface area contributed by atoms with Crippen LogP contribution in [0, 0.1) is 0 Å². The predicted molar refractivity (Wildman–Crippen MR) is 75.9 cm³/mol. The first-order valence-electron chi connectivity index (χ1n) is 6.06. The largest absolute Gasteiger partial charge is 0.494 e. The Morgan fingerprint density at radius 3 is 2.67 bits per heavy atom. The van der Waals surface area contributed by atoms with Crippen LogP contribution in [-0.4, -0.2) is 11.2 Å². The molecule has 0 amide bonds. The highest BCUT2D eigenvalue weighted by molar-refractivity contribution is 9.10. The first-order valence-corrected chi connectivity index (χ1v) is 6.85. The molecule has 0 fully saturated rings. The minimum absolute atomic E-state index is 0.400. The molecule has 0 saturated heterocycles. The summed E-state index contributed by atoms with van der Waals surface area (Å²) >= 11 is 3.06. The van der Waals surface area contributed by atoms with Crippen LogP contribution in [0.2, 0.25) is 0 Å². The van der Waals surface area contributed by atoms with Crippen LogP contribution in [0.3, 0.4) is 0 Å². The molecule has 96 valence electrons. The summed E-state index contributed by atoms with van der Waals surface area (Å²) in [6, 6.07) is 7.96. The van der Waals surface area contributed by atoms with Crippen LogP contribution in [0.25, 0.3) is 0 Å². The number of ether oxygens (including phenoxy) is 1. The first-order chi connectivity index (χ1) is 8.59. The molecule has 1 atom stereocenters. The van der Waals surface area contributed by atoms with Crippen LogP contribution in [0.1, 0.15) is 18.9 Å². The van der Waals surface area contributed by atoms with Gasteiger partial charge in [0.2, 0.25) is 0 Å². The molecule has 0 saturated carbocycles. The van der Waals surface area contributed by atoms with E-state index in [4.69, 9.17) is 4.74 Å². The summed E-state index contributed by atoms with van der Waals surface area (Å²) in [7, 11) is 0. The lowest BCUT2D eigenvalue weighted by Gasteiger charge is -2.19. The third kappa shape index (κ3) is 3.70. The van der Waals surface area contributed by atoms with Crippen LogP contribution < -0.4 is 4.74 Å². The van der Waals surface area contributed by atoms with Crippen molar-refractivity contribution in [2.24, 2.45) is 0 Å². The summed E-state index contributed by atoms with van der Waals surface area (Å²) in [5, 5.41) is 0. The summed E-state index contributed by atoms with van der Waals surface area (Å²) in [6.07, 6.45) is 6.46. The predicted octanol–water partition coefficient (Wildman–Crippen LogP) is 4.57. The van der Waals surface area contributed by atoms with Gasteiger partial charge in [0.15, 0.2) is 4.58 Å². The summed E-state index contributed by atoms with van der Waals surface area (Å²) < 4.78 is 17.8. The number of rotatable bonds is 4. The van der Waals surface area contributed by atoms with E-state index in [2.05, 4.69) is 15.9 Å². The van der Waals surface area contributed by atoms with E-state index < -0.39 is 4.58 Å². The van der Waals surface area contributed by atoms with Crippen molar-refractivity contribution in [1.29, 1.82) is 0 Å². The maximum Gasteiger partial charge on any atom is 0.187 e. The molecule has 1 aromatic carbocycles. The molecule has 18 heavy (non-hydrogen) atoms. The zero-order chi connectivity index (χ0) is 13.0. The Hall–Kier alpha value is -1.09. The topological polar surface area (TPSA) is 9.23 Å². The molecule has 1 nitrogen and oxygen atoms in total. The van der Waals surface area contributed by atoms with E-state index in [9.17, 15) is 4.39 Å². The fourth-order valence-electron chi connectivity index (χ4n) is 2.00. The van der Waals surface area contributed by atoms with E-state index in [0.29, 0.717) is 13.0 Å². The van der Waals surface area contributed by atoms with Gasteiger partial charge in [-0.1, -0.05) is 29.9 Å². The molecule has 3 heteroatoms. The third-order valence-corrected chi connectivity index (χ3v) is 3.34. The van der Waals surface area contributed by atoms with E-state index in [1.807, 2.05) is 37.3 Å². The molecule has 1 aromatic rings. The lowest BCUT2D eigenvalue weighted by Crippen LogP contribution is -2.14. The van der Waals surface area contributed by atoms with Crippen molar-refractivity contribution >= 4 is 15.9 Å².